The monoisotopic (exact) mass is 237 g/mol. The molecule has 5 N–H and O–H groups in total. The number of hydrogen-bond donors (Lipinski definition) is 3. The van der Waals surface area contributed by atoms with Crippen molar-refractivity contribution in [3.63, 3.8) is 0 Å². The van der Waals surface area contributed by atoms with Crippen LogP contribution in [0.3, 0.4) is 0 Å². The summed E-state index contributed by atoms with van der Waals surface area (Å²) in [5, 5.41) is 7.36. The highest BCUT2D eigenvalue weighted by molar-refractivity contribution is 7.89. The molecular formula is C8H19N3O3S. The highest BCUT2D eigenvalue weighted by atomic mass is 32.2. The Balaban J connectivity index is 3.84. The van der Waals surface area contributed by atoms with Gasteiger partial charge in [-0.1, -0.05) is 6.92 Å². The summed E-state index contributed by atoms with van der Waals surface area (Å²) in [5.74, 6) is -0.417. The van der Waals surface area contributed by atoms with Gasteiger partial charge in [-0.3, -0.25) is 4.79 Å². The first-order chi connectivity index (χ1) is 6.69. The molecule has 0 aliphatic rings. The van der Waals surface area contributed by atoms with Crippen molar-refractivity contribution in [1.82, 2.24) is 5.32 Å². The highest BCUT2D eigenvalue weighted by Gasteiger charge is 2.25. The molecule has 0 aromatic rings. The van der Waals surface area contributed by atoms with Crippen molar-refractivity contribution in [2.45, 2.75) is 32.2 Å². The number of amides is 1. The third-order valence-corrected chi connectivity index (χ3v) is 3.00. The minimum atomic E-state index is -3.45. The molecule has 15 heavy (non-hydrogen) atoms. The maximum absolute atomic E-state index is 11.4. The van der Waals surface area contributed by atoms with E-state index in [1.165, 1.54) is 0 Å². The number of sulfonamides is 1. The van der Waals surface area contributed by atoms with Crippen LogP contribution in [0, 0.1) is 0 Å². The Morgan fingerprint density at radius 2 is 2.00 bits per heavy atom. The van der Waals surface area contributed by atoms with Gasteiger partial charge in [0.05, 0.1) is 11.3 Å². The van der Waals surface area contributed by atoms with Gasteiger partial charge >= 0.3 is 0 Å². The lowest BCUT2D eigenvalue weighted by Gasteiger charge is -2.21. The summed E-state index contributed by atoms with van der Waals surface area (Å²) in [4.78, 5) is 11.4. The van der Waals surface area contributed by atoms with Crippen molar-refractivity contribution < 1.29 is 13.2 Å². The zero-order chi connectivity index (χ0) is 12.1. The minimum absolute atomic E-state index is 0.138. The van der Waals surface area contributed by atoms with Crippen LogP contribution < -0.4 is 16.2 Å². The van der Waals surface area contributed by atoms with Gasteiger partial charge in [0, 0.05) is 6.54 Å². The van der Waals surface area contributed by atoms with E-state index in [9.17, 15) is 13.2 Å². The Hall–Kier alpha value is -0.660. The molecule has 0 aromatic heterocycles. The minimum Gasteiger partial charge on any atom is -0.354 e. The van der Waals surface area contributed by atoms with Crippen LogP contribution in [0.1, 0.15) is 26.7 Å². The maximum Gasteiger partial charge on any atom is 0.239 e. The van der Waals surface area contributed by atoms with Gasteiger partial charge in [-0.15, -0.1) is 0 Å². The lowest BCUT2D eigenvalue weighted by Crippen LogP contribution is -2.51. The Bertz CT molecular complexity index is 311. The van der Waals surface area contributed by atoms with Crippen molar-refractivity contribution in [2.75, 3.05) is 12.3 Å². The number of carbonyl (C=O) groups is 1. The van der Waals surface area contributed by atoms with E-state index in [0.717, 1.165) is 0 Å². The molecule has 0 aromatic carbocycles. The topological polar surface area (TPSA) is 115 Å². The van der Waals surface area contributed by atoms with Gasteiger partial charge in [0.15, 0.2) is 0 Å². The summed E-state index contributed by atoms with van der Waals surface area (Å²) in [5.41, 5.74) is 4.77. The van der Waals surface area contributed by atoms with Gasteiger partial charge in [-0.2, -0.15) is 0 Å². The fourth-order valence-corrected chi connectivity index (χ4v) is 1.38. The molecule has 6 nitrogen and oxygen atoms in total. The van der Waals surface area contributed by atoms with Gasteiger partial charge in [0.2, 0.25) is 15.9 Å². The zero-order valence-corrected chi connectivity index (χ0v) is 9.93. The van der Waals surface area contributed by atoms with E-state index in [1.54, 1.807) is 6.92 Å². The van der Waals surface area contributed by atoms with Gasteiger partial charge in [0.25, 0.3) is 0 Å². The molecule has 0 heterocycles. The molecule has 0 rings (SSSR count). The van der Waals surface area contributed by atoms with Crippen molar-refractivity contribution >= 4 is 15.9 Å². The van der Waals surface area contributed by atoms with E-state index in [4.69, 9.17) is 10.9 Å². The van der Waals surface area contributed by atoms with Gasteiger partial charge in [-0.05, 0) is 19.8 Å². The summed E-state index contributed by atoms with van der Waals surface area (Å²) in [6.07, 6.45) is 0.818. The fraction of sp³-hybridized carbons (Fsp3) is 0.875. The smallest absolute Gasteiger partial charge is 0.239 e. The maximum atomic E-state index is 11.4. The Morgan fingerprint density at radius 1 is 1.47 bits per heavy atom. The molecular weight excluding hydrogens is 218 g/mol. The summed E-state index contributed by atoms with van der Waals surface area (Å²) in [6.45, 7) is 3.70. The quantitative estimate of drug-likeness (QED) is 0.509. The average Bonchev–Trinajstić information content (AvgIpc) is 2.10. The molecule has 0 fully saturated rings. The van der Waals surface area contributed by atoms with E-state index in [-0.39, 0.29) is 18.2 Å². The van der Waals surface area contributed by atoms with Crippen molar-refractivity contribution in [3.8, 4) is 0 Å². The van der Waals surface area contributed by atoms with E-state index in [2.05, 4.69) is 5.32 Å². The van der Waals surface area contributed by atoms with Crippen LogP contribution in [0.25, 0.3) is 0 Å². The zero-order valence-electron chi connectivity index (χ0n) is 9.12. The van der Waals surface area contributed by atoms with E-state index >= 15 is 0 Å². The summed E-state index contributed by atoms with van der Waals surface area (Å²) < 4.78 is 21.1. The molecule has 0 aliphatic heterocycles. The molecule has 0 saturated carbocycles. The predicted octanol–water partition coefficient (Wildman–Crippen LogP) is -1.09. The first-order valence-corrected chi connectivity index (χ1v) is 6.48. The Kier molecular flexibility index (Phi) is 5.19. The summed E-state index contributed by atoms with van der Waals surface area (Å²) in [7, 11) is -3.45. The third kappa shape index (κ3) is 6.43. The van der Waals surface area contributed by atoms with Crippen molar-refractivity contribution in [2.24, 2.45) is 10.9 Å². The third-order valence-electron chi connectivity index (χ3n) is 2.14. The number of nitrogens with two attached hydrogens (primary N) is 2. The molecule has 0 aliphatic carbocycles. The van der Waals surface area contributed by atoms with E-state index < -0.39 is 15.6 Å². The first-order valence-electron chi connectivity index (χ1n) is 4.76. The Morgan fingerprint density at radius 3 is 2.40 bits per heavy atom. The first kappa shape index (κ1) is 14.3. The molecule has 0 radical (unpaired) electrons. The van der Waals surface area contributed by atoms with Crippen LogP contribution in [0.2, 0.25) is 0 Å². The van der Waals surface area contributed by atoms with Gasteiger partial charge < -0.3 is 11.1 Å². The lowest BCUT2D eigenvalue weighted by molar-refractivity contribution is -0.125. The van der Waals surface area contributed by atoms with Crippen LogP contribution in [-0.4, -0.2) is 32.2 Å². The summed E-state index contributed by atoms with van der Waals surface area (Å²) >= 11 is 0. The van der Waals surface area contributed by atoms with Crippen LogP contribution >= 0.6 is 0 Å². The van der Waals surface area contributed by atoms with E-state index in [1.807, 2.05) is 6.92 Å². The fourth-order valence-electron chi connectivity index (χ4n) is 0.838. The van der Waals surface area contributed by atoms with Gasteiger partial charge in [0.1, 0.15) is 0 Å². The second-order valence-corrected chi connectivity index (χ2v) is 5.48. The second kappa shape index (κ2) is 5.43. The molecule has 1 atom stereocenters. The summed E-state index contributed by atoms with van der Waals surface area (Å²) in [6, 6.07) is 0. The van der Waals surface area contributed by atoms with Crippen LogP contribution in [0.15, 0.2) is 0 Å². The lowest BCUT2D eigenvalue weighted by atomic mass is 10.00. The molecule has 7 heteroatoms. The Labute approximate surface area is 90.4 Å². The average molecular weight is 237 g/mol. The highest BCUT2D eigenvalue weighted by Crippen LogP contribution is 2.03. The predicted molar refractivity (Wildman–Crippen MR) is 58.5 cm³/mol. The molecule has 90 valence electrons. The normalized spacial score (nSPS) is 15.7. The van der Waals surface area contributed by atoms with Crippen molar-refractivity contribution in [1.29, 1.82) is 0 Å². The van der Waals surface area contributed by atoms with Crippen LogP contribution in [0.4, 0.5) is 0 Å². The second-order valence-electron chi connectivity index (χ2n) is 3.75. The standard InChI is InChI=1S/C8H19N3O3S/c1-3-8(2,9)7(12)11-5-4-6-15(10,13)14/h3-6,9H2,1-2H3,(H,11,12)(H2,10,13,14). The van der Waals surface area contributed by atoms with Crippen LogP contribution in [-0.2, 0) is 14.8 Å². The number of rotatable bonds is 6. The number of carbonyl (C=O) groups excluding carboxylic acids is 1. The SMILES string of the molecule is CCC(C)(N)C(=O)NCCCS(N)(=O)=O. The number of primary sulfonamides is 1. The molecule has 0 saturated heterocycles. The van der Waals surface area contributed by atoms with Crippen LogP contribution in [0.5, 0.6) is 0 Å². The van der Waals surface area contributed by atoms with Gasteiger partial charge in [-0.25, -0.2) is 13.6 Å². The number of nitrogens with one attached hydrogen (secondary N) is 1. The van der Waals surface area contributed by atoms with Crippen molar-refractivity contribution in [3.05, 3.63) is 0 Å². The number of hydrogen-bond acceptors (Lipinski definition) is 4. The van der Waals surface area contributed by atoms with E-state index in [0.29, 0.717) is 12.8 Å². The molecule has 1 amide bonds. The molecule has 1 unspecified atom stereocenters. The molecule has 0 spiro atoms. The largest absolute Gasteiger partial charge is 0.354 e. The molecule has 0 bridgehead atoms.